The number of nitrogens with zero attached hydrogens (tertiary/aromatic N) is 1. The molecule has 0 fully saturated rings. The molecular formula is C10H13N4O4P. The van der Waals surface area contributed by atoms with Crippen molar-refractivity contribution < 1.29 is 18.8 Å². The molecule has 19 heavy (non-hydrogen) atoms. The molecule has 2 rings (SSSR count). The van der Waals surface area contributed by atoms with Gasteiger partial charge in [0.15, 0.2) is 5.82 Å². The van der Waals surface area contributed by atoms with Gasteiger partial charge in [-0.15, -0.1) is 0 Å². The number of nitrogens with one attached hydrogen (secondary N) is 2. The normalized spacial score (nSPS) is 14.2. The van der Waals surface area contributed by atoms with Crippen molar-refractivity contribution in [2.45, 2.75) is 6.92 Å². The van der Waals surface area contributed by atoms with E-state index >= 15 is 0 Å². The van der Waals surface area contributed by atoms with E-state index < -0.39 is 13.7 Å². The van der Waals surface area contributed by atoms with Crippen molar-refractivity contribution in [3.8, 4) is 0 Å². The summed E-state index contributed by atoms with van der Waals surface area (Å²) in [7, 11) is -3.95. The lowest BCUT2D eigenvalue weighted by Gasteiger charge is -2.13. The SMILES string of the molecule is CCOP(=O)(O)Nc1cccc2[nH]c(C(N)=O)nc12. The molecule has 0 saturated heterocycles. The quantitative estimate of drug-likeness (QED) is 0.610. The number of aromatic nitrogens is 2. The number of rotatable bonds is 5. The maximum absolute atomic E-state index is 11.7. The largest absolute Gasteiger partial charge is 0.430 e. The Morgan fingerprint density at radius 3 is 3.00 bits per heavy atom. The van der Waals surface area contributed by atoms with Gasteiger partial charge in [0, 0.05) is 0 Å². The Balaban J connectivity index is 2.43. The van der Waals surface area contributed by atoms with Crippen LogP contribution in [0.2, 0.25) is 0 Å². The lowest BCUT2D eigenvalue weighted by Crippen LogP contribution is -2.12. The average molecular weight is 284 g/mol. The van der Waals surface area contributed by atoms with E-state index in [1.807, 2.05) is 0 Å². The van der Waals surface area contributed by atoms with Crippen molar-refractivity contribution in [1.82, 2.24) is 9.97 Å². The monoisotopic (exact) mass is 284 g/mol. The van der Waals surface area contributed by atoms with Gasteiger partial charge < -0.3 is 15.6 Å². The van der Waals surface area contributed by atoms with Gasteiger partial charge in [-0.3, -0.25) is 14.4 Å². The minimum absolute atomic E-state index is 0.0200. The molecule has 1 aromatic heterocycles. The highest BCUT2D eigenvalue weighted by atomic mass is 31.2. The van der Waals surface area contributed by atoms with E-state index in [1.165, 1.54) is 0 Å². The Labute approximate surface area is 108 Å². The van der Waals surface area contributed by atoms with E-state index in [0.29, 0.717) is 11.0 Å². The molecule has 0 spiro atoms. The highest BCUT2D eigenvalue weighted by Crippen LogP contribution is 2.43. The third kappa shape index (κ3) is 2.93. The first kappa shape index (κ1) is 13.5. The Kier molecular flexibility index (Phi) is 3.57. The molecular weight excluding hydrogens is 271 g/mol. The summed E-state index contributed by atoms with van der Waals surface area (Å²) in [5.74, 6) is -0.729. The first-order valence-electron chi connectivity index (χ1n) is 5.47. The van der Waals surface area contributed by atoms with Gasteiger partial charge in [0.2, 0.25) is 0 Å². The maximum atomic E-state index is 11.7. The van der Waals surface area contributed by atoms with E-state index in [4.69, 9.17) is 10.3 Å². The zero-order chi connectivity index (χ0) is 14.0. The van der Waals surface area contributed by atoms with Crippen molar-refractivity contribution in [1.29, 1.82) is 0 Å². The van der Waals surface area contributed by atoms with Crippen LogP contribution in [0.1, 0.15) is 17.5 Å². The number of para-hydroxylation sites is 1. The smallest absolute Gasteiger partial charge is 0.363 e. The number of imidazole rings is 1. The first-order chi connectivity index (χ1) is 8.93. The van der Waals surface area contributed by atoms with E-state index in [2.05, 4.69) is 15.1 Å². The Morgan fingerprint density at radius 2 is 2.37 bits per heavy atom. The second kappa shape index (κ2) is 5.00. The standard InChI is InChI=1S/C10H13N4O4P/c1-2-18-19(16,17)14-7-5-3-4-6-8(7)13-10(12-6)9(11)15/h3-5H,2H2,1H3,(H2,11,15)(H,12,13)(H2,14,16,17). The molecule has 0 radical (unpaired) electrons. The maximum Gasteiger partial charge on any atom is 0.430 e. The van der Waals surface area contributed by atoms with Gasteiger partial charge in [-0.1, -0.05) is 6.07 Å². The highest BCUT2D eigenvalue weighted by molar-refractivity contribution is 7.54. The third-order valence-corrected chi connectivity index (χ3v) is 3.44. The van der Waals surface area contributed by atoms with E-state index in [9.17, 15) is 14.3 Å². The predicted octanol–water partition coefficient (Wildman–Crippen LogP) is 1.21. The number of H-pyrrole nitrogens is 1. The Bertz CT molecular complexity index is 669. The number of hydrogen-bond donors (Lipinski definition) is 4. The number of benzene rings is 1. The van der Waals surface area contributed by atoms with Gasteiger partial charge in [0.25, 0.3) is 5.91 Å². The number of nitrogens with two attached hydrogens (primary N) is 1. The van der Waals surface area contributed by atoms with Crippen LogP contribution in [0.3, 0.4) is 0 Å². The van der Waals surface area contributed by atoms with Crippen molar-refractivity contribution in [3.63, 3.8) is 0 Å². The molecule has 0 aliphatic carbocycles. The van der Waals surface area contributed by atoms with Crippen LogP contribution in [0.25, 0.3) is 11.0 Å². The minimum Gasteiger partial charge on any atom is -0.363 e. The molecule has 8 nitrogen and oxygen atoms in total. The van der Waals surface area contributed by atoms with Crippen LogP contribution >= 0.6 is 7.75 Å². The second-order valence-electron chi connectivity index (χ2n) is 3.70. The number of anilines is 1. The van der Waals surface area contributed by atoms with E-state index in [1.54, 1.807) is 25.1 Å². The Hall–Kier alpha value is -1.89. The average Bonchev–Trinajstić information content (AvgIpc) is 2.73. The van der Waals surface area contributed by atoms with Crippen LogP contribution in [0.4, 0.5) is 5.69 Å². The predicted molar refractivity (Wildman–Crippen MR) is 69.7 cm³/mol. The Morgan fingerprint density at radius 1 is 1.63 bits per heavy atom. The van der Waals surface area contributed by atoms with Gasteiger partial charge >= 0.3 is 7.75 Å². The van der Waals surface area contributed by atoms with E-state index in [0.717, 1.165) is 0 Å². The van der Waals surface area contributed by atoms with Crippen molar-refractivity contribution >= 4 is 30.4 Å². The molecule has 0 bridgehead atoms. The molecule has 0 aliphatic rings. The molecule has 1 aromatic carbocycles. The molecule has 1 atom stereocenters. The minimum atomic E-state index is -3.95. The highest BCUT2D eigenvalue weighted by Gasteiger charge is 2.20. The number of aromatic amines is 1. The van der Waals surface area contributed by atoms with Crippen molar-refractivity contribution in [3.05, 3.63) is 24.0 Å². The summed E-state index contributed by atoms with van der Waals surface area (Å²) < 4.78 is 16.4. The van der Waals surface area contributed by atoms with Crippen molar-refractivity contribution in [2.75, 3.05) is 11.7 Å². The molecule has 1 heterocycles. The summed E-state index contributed by atoms with van der Waals surface area (Å²) in [4.78, 5) is 27.3. The summed E-state index contributed by atoms with van der Waals surface area (Å²) >= 11 is 0. The molecule has 2 aromatic rings. The van der Waals surface area contributed by atoms with Gasteiger partial charge in [-0.25, -0.2) is 9.55 Å². The molecule has 102 valence electrons. The number of amides is 1. The van der Waals surface area contributed by atoms with Crippen molar-refractivity contribution in [2.24, 2.45) is 5.73 Å². The summed E-state index contributed by atoms with van der Waals surface area (Å²) in [5, 5.41) is 2.37. The second-order valence-corrected chi connectivity index (χ2v) is 5.22. The van der Waals surface area contributed by atoms with Gasteiger partial charge in [-0.05, 0) is 19.1 Å². The number of carbonyl (C=O) groups excluding carboxylic acids is 1. The molecule has 0 aliphatic heterocycles. The lowest BCUT2D eigenvalue weighted by molar-refractivity contribution is 0.0991. The van der Waals surface area contributed by atoms with Crippen LogP contribution < -0.4 is 10.8 Å². The van der Waals surface area contributed by atoms with E-state index in [-0.39, 0.29) is 18.1 Å². The number of hydrogen-bond acceptors (Lipinski definition) is 4. The fraction of sp³-hybridized carbons (Fsp3) is 0.200. The zero-order valence-electron chi connectivity index (χ0n) is 10.1. The molecule has 5 N–H and O–H groups in total. The first-order valence-corrected chi connectivity index (χ1v) is 7.05. The van der Waals surface area contributed by atoms with Gasteiger partial charge in [-0.2, -0.15) is 0 Å². The number of primary amides is 1. The summed E-state index contributed by atoms with van der Waals surface area (Å²) in [6.07, 6.45) is 0. The fourth-order valence-corrected chi connectivity index (χ4v) is 2.50. The zero-order valence-corrected chi connectivity index (χ0v) is 11.0. The van der Waals surface area contributed by atoms with Crippen LogP contribution in [0, 0.1) is 0 Å². The molecule has 0 saturated carbocycles. The summed E-state index contributed by atoms with van der Waals surface area (Å²) in [5.41, 5.74) is 6.26. The number of fused-ring (bicyclic) bond motifs is 1. The van der Waals surface area contributed by atoms with Crippen LogP contribution in [0.5, 0.6) is 0 Å². The molecule has 1 unspecified atom stereocenters. The van der Waals surface area contributed by atoms with Crippen LogP contribution in [0.15, 0.2) is 18.2 Å². The van der Waals surface area contributed by atoms with Crippen LogP contribution in [-0.4, -0.2) is 27.4 Å². The third-order valence-electron chi connectivity index (χ3n) is 2.31. The lowest BCUT2D eigenvalue weighted by atomic mass is 10.3. The molecule has 9 heteroatoms. The van der Waals surface area contributed by atoms with Gasteiger partial charge in [0.05, 0.1) is 17.8 Å². The summed E-state index contributed by atoms with van der Waals surface area (Å²) in [6.45, 7) is 1.69. The van der Waals surface area contributed by atoms with Gasteiger partial charge in [0.1, 0.15) is 5.52 Å². The topological polar surface area (TPSA) is 130 Å². The number of carbonyl (C=O) groups is 1. The fourth-order valence-electron chi connectivity index (χ4n) is 1.60. The van der Waals surface area contributed by atoms with Crippen LogP contribution in [-0.2, 0) is 9.09 Å². The summed E-state index contributed by atoms with van der Waals surface area (Å²) in [6, 6.07) is 4.86. The molecule has 1 amide bonds.